The van der Waals surface area contributed by atoms with Gasteiger partial charge in [0.05, 0.1) is 17.6 Å². The third-order valence-corrected chi connectivity index (χ3v) is 6.70. The second kappa shape index (κ2) is 13.3. The normalized spacial score (nSPS) is 14.0. The number of aromatic nitrogens is 2. The lowest BCUT2D eigenvalue weighted by Gasteiger charge is -2.34. The molecule has 3 aromatic rings. The van der Waals surface area contributed by atoms with Crippen LogP contribution in [0.25, 0.3) is 11.0 Å². The summed E-state index contributed by atoms with van der Waals surface area (Å²) in [6.45, 7) is 12.1. The largest absolute Gasteiger partial charge is 0.483 e. The molecule has 2 heterocycles. The maximum atomic E-state index is 12.6. The monoisotopic (exact) mass is 563 g/mol. The summed E-state index contributed by atoms with van der Waals surface area (Å²) in [6, 6.07) is 13.6. The number of piperazine rings is 1. The van der Waals surface area contributed by atoms with Gasteiger partial charge in [-0.3, -0.25) is 14.5 Å². The number of hydrogen-bond acceptors (Lipinski definition) is 5. The smallest absolute Gasteiger partial charge is 0.262 e. The van der Waals surface area contributed by atoms with Gasteiger partial charge in [0.2, 0.25) is 5.91 Å². The summed E-state index contributed by atoms with van der Waals surface area (Å²) in [5.41, 5.74) is 3.53. The average Bonchev–Trinajstić information content (AvgIpc) is 3.16. The van der Waals surface area contributed by atoms with E-state index in [1.54, 1.807) is 0 Å². The van der Waals surface area contributed by atoms with Crippen LogP contribution in [0.3, 0.4) is 0 Å². The standard InChI is InChI=1S/C28H37N5O3.2ClH/c1-6-27(35)33-15-13-32(14-16-33)18-25-30-22-17-20(11-12-23(22)31(25)5)29-26(34)19-36-24-10-8-7-9-21(24)28(2,3)4;;/h7-12,17H,6,13-16,18-19H2,1-5H3,(H,29,34);2*1H. The van der Waals surface area contributed by atoms with Crippen LogP contribution in [0, 0.1) is 0 Å². The molecule has 10 heteroatoms. The summed E-state index contributed by atoms with van der Waals surface area (Å²) in [4.78, 5) is 33.7. The van der Waals surface area contributed by atoms with Crippen LogP contribution >= 0.6 is 24.8 Å². The van der Waals surface area contributed by atoms with E-state index >= 15 is 0 Å². The number of para-hydroxylation sites is 1. The number of amides is 2. The number of carbonyl (C=O) groups excluding carboxylic acids is 2. The van der Waals surface area contributed by atoms with E-state index in [1.165, 1.54) is 0 Å². The van der Waals surface area contributed by atoms with Gasteiger partial charge >= 0.3 is 0 Å². The summed E-state index contributed by atoms with van der Waals surface area (Å²) < 4.78 is 7.95. The summed E-state index contributed by atoms with van der Waals surface area (Å²) >= 11 is 0. The van der Waals surface area contributed by atoms with E-state index in [9.17, 15) is 9.59 Å². The minimum Gasteiger partial charge on any atom is -0.483 e. The van der Waals surface area contributed by atoms with Crippen LogP contribution in [0.15, 0.2) is 42.5 Å². The minimum absolute atomic E-state index is 0. The first-order chi connectivity index (χ1) is 17.2. The van der Waals surface area contributed by atoms with Crippen LogP contribution in [-0.2, 0) is 28.6 Å². The number of carbonyl (C=O) groups is 2. The second-order valence-corrected chi connectivity index (χ2v) is 10.4. The van der Waals surface area contributed by atoms with Crippen molar-refractivity contribution in [2.24, 2.45) is 7.05 Å². The fourth-order valence-corrected chi connectivity index (χ4v) is 4.60. The number of imidazole rings is 1. The van der Waals surface area contributed by atoms with Crippen molar-refractivity contribution in [3.05, 3.63) is 53.9 Å². The van der Waals surface area contributed by atoms with E-state index in [-0.39, 0.29) is 48.7 Å². The van der Waals surface area contributed by atoms with E-state index in [0.29, 0.717) is 12.1 Å². The van der Waals surface area contributed by atoms with Crippen molar-refractivity contribution in [2.45, 2.75) is 46.1 Å². The lowest BCUT2D eigenvalue weighted by Crippen LogP contribution is -2.48. The van der Waals surface area contributed by atoms with Gasteiger partial charge < -0.3 is 19.5 Å². The molecule has 0 bridgehead atoms. The zero-order valence-electron chi connectivity index (χ0n) is 22.8. The van der Waals surface area contributed by atoms with Crippen molar-refractivity contribution >= 4 is 53.3 Å². The molecule has 1 saturated heterocycles. The van der Waals surface area contributed by atoms with Gasteiger partial charge in [0.25, 0.3) is 5.91 Å². The van der Waals surface area contributed by atoms with Gasteiger partial charge in [-0.1, -0.05) is 45.9 Å². The summed E-state index contributed by atoms with van der Waals surface area (Å²) in [5.74, 6) is 1.69. The molecule has 208 valence electrons. The number of nitrogens with one attached hydrogen (secondary N) is 1. The summed E-state index contributed by atoms with van der Waals surface area (Å²) in [5, 5.41) is 2.93. The third-order valence-electron chi connectivity index (χ3n) is 6.70. The van der Waals surface area contributed by atoms with Crippen LogP contribution in [0.5, 0.6) is 5.75 Å². The van der Waals surface area contributed by atoms with E-state index in [1.807, 2.05) is 61.3 Å². The highest BCUT2D eigenvalue weighted by molar-refractivity contribution is 5.94. The van der Waals surface area contributed by atoms with Crippen molar-refractivity contribution in [1.82, 2.24) is 19.4 Å². The highest BCUT2D eigenvalue weighted by Gasteiger charge is 2.22. The first kappa shape index (κ1) is 31.4. The first-order valence-corrected chi connectivity index (χ1v) is 12.6. The van der Waals surface area contributed by atoms with Crippen LogP contribution in [0.1, 0.15) is 45.5 Å². The van der Waals surface area contributed by atoms with Crippen LogP contribution in [0.4, 0.5) is 5.69 Å². The van der Waals surface area contributed by atoms with Gasteiger partial charge in [-0.05, 0) is 35.2 Å². The fraction of sp³-hybridized carbons (Fsp3) is 0.464. The van der Waals surface area contributed by atoms with Crippen molar-refractivity contribution in [3.8, 4) is 5.75 Å². The molecular formula is C28H39Cl2N5O3. The Morgan fingerprint density at radius 2 is 1.71 bits per heavy atom. The minimum atomic E-state index is -0.214. The quantitative estimate of drug-likeness (QED) is 0.447. The zero-order chi connectivity index (χ0) is 25.9. The molecule has 4 rings (SSSR count). The maximum absolute atomic E-state index is 12.6. The number of halogens is 2. The number of nitrogens with zero attached hydrogens (tertiary/aromatic N) is 4. The van der Waals surface area contributed by atoms with Gasteiger partial charge in [0.1, 0.15) is 11.6 Å². The fourth-order valence-electron chi connectivity index (χ4n) is 4.60. The molecule has 38 heavy (non-hydrogen) atoms. The average molecular weight is 565 g/mol. The Balaban J connectivity index is 0.00000253. The van der Waals surface area contributed by atoms with Crippen molar-refractivity contribution in [1.29, 1.82) is 0 Å². The van der Waals surface area contributed by atoms with E-state index in [0.717, 1.165) is 60.9 Å². The summed E-state index contributed by atoms with van der Waals surface area (Å²) in [6.07, 6.45) is 0.556. The molecule has 0 aliphatic carbocycles. The molecule has 0 atom stereocenters. The van der Waals surface area contributed by atoms with Crippen molar-refractivity contribution in [2.75, 3.05) is 38.1 Å². The number of rotatable bonds is 7. The molecule has 1 aliphatic rings. The molecule has 2 amide bonds. The molecule has 0 radical (unpaired) electrons. The summed E-state index contributed by atoms with van der Waals surface area (Å²) in [7, 11) is 2.01. The molecule has 1 aromatic heterocycles. The van der Waals surface area contributed by atoms with E-state index in [2.05, 4.69) is 35.6 Å². The highest BCUT2D eigenvalue weighted by Crippen LogP contribution is 2.31. The highest BCUT2D eigenvalue weighted by atomic mass is 35.5. The number of hydrogen-bond donors (Lipinski definition) is 1. The van der Waals surface area contributed by atoms with Gasteiger partial charge in [0.15, 0.2) is 6.61 Å². The molecular weight excluding hydrogens is 525 g/mol. The van der Waals surface area contributed by atoms with Crippen LogP contribution < -0.4 is 10.1 Å². The number of fused-ring (bicyclic) bond motifs is 1. The Morgan fingerprint density at radius 3 is 2.37 bits per heavy atom. The Hall–Kier alpha value is -2.81. The molecule has 8 nitrogen and oxygen atoms in total. The molecule has 1 N–H and O–H groups in total. The lowest BCUT2D eigenvalue weighted by atomic mass is 9.86. The van der Waals surface area contributed by atoms with Gasteiger partial charge in [-0.2, -0.15) is 0 Å². The Kier molecular flexibility index (Phi) is 11.0. The number of ether oxygens (including phenoxy) is 1. The first-order valence-electron chi connectivity index (χ1n) is 12.6. The second-order valence-electron chi connectivity index (χ2n) is 10.4. The predicted octanol–water partition coefficient (Wildman–Crippen LogP) is 4.79. The molecule has 0 saturated carbocycles. The molecule has 0 spiro atoms. The number of aryl methyl sites for hydroxylation is 1. The SMILES string of the molecule is CCC(=O)N1CCN(Cc2nc3cc(NC(=O)COc4ccccc4C(C)(C)C)ccc3n2C)CC1.Cl.Cl. The lowest BCUT2D eigenvalue weighted by molar-refractivity contribution is -0.132. The molecule has 1 fully saturated rings. The van der Waals surface area contributed by atoms with Gasteiger partial charge in [-0.15, -0.1) is 24.8 Å². The molecule has 0 unspecified atom stereocenters. The third kappa shape index (κ3) is 7.40. The topological polar surface area (TPSA) is 79.7 Å². The van der Waals surface area contributed by atoms with Gasteiger partial charge in [0, 0.05) is 45.3 Å². The Morgan fingerprint density at radius 1 is 1.03 bits per heavy atom. The van der Waals surface area contributed by atoms with Crippen LogP contribution in [-0.4, -0.2) is 64.0 Å². The van der Waals surface area contributed by atoms with Crippen molar-refractivity contribution < 1.29 is 14.3 Å². The number of anilines is 1. The van der Waals surface area contributed by atoms with Crippen molar-refractivity contribution in [3.63, 3.8) is 0 Å². The van der Waals surface area contributed by atoms with Crippen LogP contribution in [0.2, 0.25) is 0 Å². The molecule has 1 aliphatic heterocycles. The maximum Gasteiger partial charge on any atom is 0.262 e. The Labute approximate surface area is 237 Å². The van der Waals surface area contributed by atoms with E-state index in [4.69, 9.17) is 9.72 Å². The van der Waals surface area contributed by atoms with Gasteiger partial charge in [-0.25, -0.2) is 4.98 Å². The Bertz CT molecular complexity index is 1250. The predicted molar refractivity (Wildman–Crippen MR) is 157 cm³/mol. The molecule has 2 aromatic carbocycles. The zero-order valence-corrected chi connectivity index (χ0v) is 24.5. The number of benzene rings is 2. The van der Waals surface area contributed by atoms with E-state index < -0.39 is 0 Å².